The van der Waals surface area contributed by atoms with Crippen LogP contribution in [0.3, 0.4) is 0 Å². The lowest BCUT2D eigenvalue weighted by molar-refractivity contribution is 0.0458. The van der Waals surface area contributed by atoms with E-state index in [0.717, 1.165) is 39.3 Å². The Labute approximate surface area is 335 Å². The molecule has 0 aromatic heterocycles. The van der Waals surface area contributed by atoms with E-state index in [1.54, 1.807) is 24.3 Å². The van der Waals surface area contributed by atoms with Crippen molar-refractivity contribution in [3.8, 4) is 0 Å². The number of nitrogens with zero attached hydrogens (tertiary/aromatic N) is 2. The quantitative estimate of drug-likeness (QED) is 0.0491. The Morgan fingerprint density at radius 3 is 0.926 bits per heavy atom. The Hall–Kier alpha value is -1.92. The predicted molar refractivity (Wildman–Crippen MR) is 232 cm³/mol. The average molecular weight is 757 g/mol. The molecule has 6 nitrogen and oxygen atoms in total. The number of hydrogen-bond acceptors (Lipinski definition) is 6. The zero-order valence-corrected chi connectivity index (χ0v) is 36.3. The van der Waals surface area contributed by atoms with Gasteiger partial charge in [-0.1, -0.05) is 188 Å². The van der Waals surface area contributed by atoms with E-state index in [0.29, 0.717) is 24.3 Å². The summed E-state index contributed by atoms with van der Waals surface area (Å²) in [6.07, 6.45) is 36.5. The molecule has 0 aliphatic carbocycles. The van der Waals surface area contributed by atoms with Crippen LogP contribution in [-0.4, -0.2) is 74.2 Å². The summed E-state index contributed by atoms with van der Waals surface area (Å²) >= 11 is 0. The first-order valence-electron chi connectivity index (χ1n) is 23.4. The average Bonchev–Trinajstić information content (AvgIpc) is 3.18. The molecule has 6 heteroatoms. The smallest absolute Gasteiger partial charge is 0.338 e. The normalized spacial score (nSPS) is 11.5. The van der Waals surface area contributed by atoms with Gasteiger partial charge in [-0.3, -0.25) is 9.80 Å². The first-order valence-corrected chi connectivity index (χ1v) is 23.4. The fraction of sp³-hybridized carbons (Fsp3) is 0.833. The van der Waals surface area contributed by atoms with E-state index < -0.39 is 0 Å². The minimum absolute atomic E-state index is 0.369. The lowest BCUT2D eigenvalue weighted by Crippen LogP contribution is -2.30. The molecule has 0 bridgehead atoms. The summed E-state index contributed by atoms with van der Waals surface area (Å²) in [5, 5.41) is 0. The zero-order chi connectivity index (χ0) is 39.2. The van der Waals surface area contributed by atoms with E-state index in [1.807, 2.05) is 0 Å². The van der Waals surface area contributed by atoms with Crippen LogP contribution in [0.4, 0.5) is 0 Å². The SMILES string of the molecule is CCCCCCCCCN(CCCCCCCCC)CCOC(=O)c1cccc(C(=O)OCCN(CCCCCCCCC)CCCCCCCCC)c1. The fourth-order valence-corrected chi connectivity index (χ4v) is 7.32. The molecule has 0 heterocycles. The summed E-state index contributed by atoms with van der Waals surface area (Å²) in [7, 11) is 0. The second-order valence-corrected chi connectivity index (χ2v) is 16.0. The van der Waals surface area contributed by atoms with Crippen molar-refractivity contribution in [2.45, 2.75) is 207 Å². The Balaban J connectivity index is 2.56. The van der Waals surface area contributed by atoms with Crippen molar-refractivity contribution in [1.29, 1.82) is 0 Å². The summed E-state index contributed by atoms with van der Waals surface area (Å²) in [6, 6.07) is 6.86. The van der Waals surface area contributed by atoms with Gasteiger partial charge < -0.3 is 9.47 Å². The Bertz CT molecular complexity index is 876. The maximum Gasteiger partial charge on any atom is 0.338 e. The number of esters is 2. The minimum Gasteiger partial charge on any atom is -0.461 e. The molecule has 0 saturated carbocycles. The van der Waals surface area contributed by atoms with Crippen molar-refractivity contribution < 1.29 is 19.1 Å². The molecule has 1 rings (SSSR count). The van der Waals surface area contributed by atoms with Gasteiger partial charge in [0.1, 0.15) is 13.2 Å². The standard InChI is InChI=1S/C48H88N2O4/c1-5-9-13-17-21-25-29-36-49(37-30-26-22-18-14-10-6-2)40-42-53-47(51)45-34-33-35-46(44-45)48(52)54-43-41-50(38-31-27-23-19-15-11-7-3)39-32-28-24-20-16-12-8-4/h33-35,44H,5-32,36-43H2,1-4H3. The summed E-state index contributed by atoms with van der Waals surface area (Å²) in [5.41, 5.74) is 0.823. The van der Waals surface area contributed by atoms with Gasteiger partial charge in [-0.05, 0) is 70.1 Å². The first kappa shape index (κ1) is 50.1. The monoisotopic (exact) mass is 757 g/mol. The number of hydrogen-bond donors (Lipinski definition) is 0. The van der Waals surface area contributed by atoms with Gasteiger partial charge in [-0.25, -0.2) is 9.59 Å². The third-order valence-electron chi connectivity index (χ3n) is 10.9. The van der Waals surface area contributed by atoms with Gasteiger partial charge in [0.15, 0.2) is 0 Å². The second-order valence-electron chi connectivity index (χ2n) is 16.0. The van der Waals surface area contributed by atoms with Gasteiger partial charge in [-0.2, -0.15) is 0 Å². The molecule has 0 spiro atoms. The lowest BCUT2D eigenvalue weighted by atomic mass is 10.1. The van der Waals surface area contributed by atoms with E-state index in [1.165, 1.54) is 180 Å². The van der Waals surface area contributed by atoms with Crippen LogP contribution in [0.2, 0.25) is 0 Å². The highest BCUT2D eigenvalue weighted by atomic mass is 16.5. The summed E-state index contributed by atoms with van der Waals surface area (Å²) in [6.45, 7) is 15.6. The Morgan fingerprint density at radius 1 is 0.389 bits per heavy atom. The van der Waals surface area contributed by atoms with E-state index in [-0.39, 0.29) is 11.9 Å². The van der Waals surface area contributed by atoms with Crippen molar-refractivity contribution in [1.82, 2.24) is 9.80 Å². The molecule has 314 valence electrons. The maximum atomic E-state index is 13.1. The van der Waals surface area contributed by atoms with Crippen LogP contribution in [0.1, 0.15) is 228 Å². The summed E-state index contributed by atoms with van der Waals surface area (Å²) in [4.78, 5) is 31.1. The van der Waals surface area contributed by atoms with Crippen molar-refractivity contribution in [2.24, 2.45) is 0 Å². The van der Waals surface area contributed by atoms with Crippen LogP contribution >= 0.6 is 0 Å². The van der Waals surface area contributed by atoms with Crippen LogP contribution in [0.5, 0.6) is 0 Å². The zero-order valence-electron chi connectivity index (χ0n) is 36.3. The third kappa shape index (κ3) is 29.4. The van der Waals surface area contributed by atoms with Crippen LogP contribution < -0.4 is 0 Å². The molecule has 0 unspecified atom stereocenters. The minimum atomic E-state index is -0.369. The van der Waals surface area contributed by atoms with Crippen molar-refractivity contribution >= 4 is 11.9 Å². The molecular weight excluding hydrogens is 669 g/mol. The van der Waals surface area contributed by atoms with Gasteiger partial charge in [-0.15, -0.1) is 0 Å². The molecule has 0 atom stereocenters. The molecule has 0 saturated heterocycles. The molecule has 0 radical (unpaired) electrons. The summed E-state index contributed by atoms with van der Waals surface area (Å²) < 4.78 is 11.5. The van der Waals surface area contributed by atoms with Gasteiger partial charge in [0.05, 0.1) is 11.1 Å². The van der Waals surface area contributed by atoms with Crippen LogP contribution in [-0.2, 0) is 9.47 Å². The summed E-state index contributed by atoms with van der Waals surface area (Å²) in [5.74, 6) is -0.737. The first-order chi connectivity index (χ1) is 26.5. The van der Waals surface area contributed by atoms with E-state index >= 15 is 0 Å². The number of ether oxygens (including phenoxy) is 2. The highest BCUT2D eigenvalue weighted by Gasteiger charge is 2.15. The third-order valence-corrected chi connectivity index (χ3v) is 10.9. The molecule has 0 amide bonds. The van der Waals surface area contributed by atoms with Crippen LogP contribution in [0, 0.1) is 0 Å². The number of carbonyl (C=O) groups excluding carboxylic acids is 2. The largest absolute Gasteiger partial charge is 0.461 e. The second kappa shape index (κ2) is 38.0. The van der Waals surface area contributed by atoms with Gasteiger partial charge in [0.2, 0.25) is 0 Å². The van der Waals surface area contributed by atoms with Gasteiger partial charge in [0.25, 0.3) is 0 Å². The molecule has 0 N–H and O–H groups in total. The number of carbonyl (C=O) groups is 2. The molecule has 1 aromatic carbocycles. The highest BCUT2D eigenvalue weighted by Crippen LogP contribution is 2.14. The molecule has 54 heavy (non-hydrogen) atoms. The van der Waals surface area contributed by atoms with E-state index in [9.17, 15) is 9.59 Å². The Kier molecular flexibility index (Phi) is 35.2. The van der Waals surface area contributed by atoms with E-state index in [2.05, 4.69) is 37.5 Å². The van der Waals surface area contributed by atoms with Crippen molar-refractivity contribution in [2.75, 3.05) is 52.5 Å². The fourth-order valence-electron chi connectivity index (χ4n) is 7.32. The van der Waals surface area contributed by atoms with Crippen molar-refractivity contribution in [3.05, 3.63) is 35.4 Å². The van der Waals surface area contributed by atoms with Gasteiger partial charge in [0, 0.05) is 13.1 Å². The van der Waals surface area contributed by atoms with Crippen molar-refractivity contribution in [3.63, 3.8) is 0 Å². The molecular formula is C48H88N2O4. The molecule has 1 aromatic rings. The number of rotatable bonds is 40. The molecule has 0 aliphatic rings. The Morgan fingerprint density at radius 2 is 0.648 bits per heavy atom. The lowest BCUT2D eigenvalue weighted by Gasteiger charge is -2.22. The van der Waals surface area contributed by atoms with Gasteiger partial charge >= 0.3 is 11.9 Å². The predicted octanol–water partition coefficient (Wildman–Crippen LogP) is 13.6. The number of unbranched alkanes of at least 4 members (excludes halogenated alkanes) is 24. The maximum absolute atomic E-state index is 13.1. The molecule has 0 fully saturated rings. The van der Waals surface area contributed by atoms with Crippen LogP contribution in [0.25, 0.3) is 0 Å². The van der Waals surface area contributed by atoms with Crippen LogP contribution in [0.15, 0.2) is 24.3 Å². The highest BCUT2D eigenvalue weighted by molar-refractivity contribution is 5.95. The molecule has 0 aliphatic heterocycles. The topological polar surface area (TPSA) is 59.1 Å². The number of benzene rings is 1. The van der Waals surface area contributed by atoms with E-state index in [4.69, 9.17) is 9.47 Å².